The molecule has 4 atom stereocenters. The second kappa shape index (κ2) is 10.4. The molecule has 0 bridgehead atoms. The molecule has 3 amide bonds. The summed E-state index contributed by atoms with van der Waals surface area (Å²) in [5.74, 6) is 1.60. The zero-order valence-electron chi connectivity index (χ0n) is 21.6. The Balaban J connectivity index is 1.25. The van der Waals surface area contributed by atoms with Crippen LogP contribution in [0.2, 0.25) is 10.0 Å². The average molecular weight is 566 g/mol. The van der Waals surface area contributed by atoms with Gasteiger partial charge in [-0.05, 0) is 60.0 Å². The van der Waals surface area contributed by atoms with Crippen molar-refractivity contribution in [3.63, 3.8) is 0 Å². The number of rotatable bonds is 5. The Morgan fingerprint density at radius 3 is 2.38 bits per heavy atom. The van der Waals surface area contributed by atoms with E-state index in [1.54, 1.807) is 30.1 Å². The van der Waals surface area contributed by atoms with E-state index in [1.807, 2.05) is 54.6 Å². The summed E-state index contributed by atoms with van der Waals surface area (Å²) in [6.07, 6.45) is -0.684. The lowest BCUT2D eigenvalue weighted by Crippen LogP contribution is -2.66. The fourth-order valence-electron chi connectivity index (χ4n) is 5.72. The maximum absolute atomic E-state index is 13.9. The first-order valence-corrected chi connectivity index (χ1v) is 13.7. The minimum absolute atomic E-state index is 0.0852. The van der Waals surface area contributed by atoms with E-state index in [9.17, 15) is 9.59 Å². The Morgan fingerprint density at radius 2 is 1.67 bits per heavy atom. The zero-order chi connectivity index (χ0) is 27.3. The van der Waals surface area contributed by atoms with Gasteiger partial charge < -0.3 is 14.5 Å². The fraction of sp³-hybridized carbons (Fsp3) is 0.310. The first kappa shape index (κ1) is 26.0. The third-order valence-electron chi connectivity index (χ3n) is 7.58. The quantitative estimate of drug-likeness (QED) is 0.457. The molecule has 3 aliphatic rings. The molecule has 3 fully saturated rings. The van der Waals surface area contributed by atoms with Gasteiger partial charge in [-0.3, -0.25) is 19.9 Å². The lowest BCUT2D eigenvalue weighted by molar-refractivity contribution is -0.139. The summed E-state index contributed by atoms with van der Waals surface area (Å²) in [6.45, 7) is 3.80. The summed E-state index contributed by atoms with van der Waals surface area (Å²) < 4.78 is 5.97. The molecule has 8 nitrogen and oxygen atoms in total. The number of fused-ring (bicyclic) bond motifs is 3. The number of urea groups is 1. The highest BCUT2D eigenvalue weighted by atomic mass is 35.5. The van der Waals surface area contributed by atoms with Crippen LogP contribution >= 0.6 is 23.2 Å². The van der Waals surface area contributed by atoms with Gasteiger partial charge in [0, 0.05) is 35.9 Å². The van der Waals surface area contributed by atoms with Gasteiger partial charge in [-0.25, -0.2) is 4.79 Å². The number of halogens is 2. The van der Waals surface area contributed by atoms with E-state index in [0.29, 0.717) is 21.5 Å². The van der Waals surface area contributed by atoms with Crippen molar-refractivity contribution in [3.05, 3.63) is 88.4 Å². The minimum atomic E-state index is -0.519. The van der Waals surface area contributed by atoms with Crippen LogP contribution < -0.4 is 15.0 Å². The monoisotopic (exact) mass is 565 g/mol. The Labute approximate surface area is 237 Å². The third kappa shape index (κ3) is 4.82. The molecule has 4 unspecified atom stereocenters. The van der Waals surface area contributed by atoms with Crippen molar-refractivity contribution in [3.8, 4) is 11.5 Å². The summed E-state index contributed by atoms with van der Waals surface area (Å²) in [5.41, 5.74) is 1.68. The maximum Gasteiger partial charge on any atom is 0.328 e. The molecule has 10 heteroatoms. The Morgan fingerprint density at radius 1 is 0.949 bits per heavy atom. The van der Waals surface area contributed by atoms with E-state index in [1.165, 1.54) is 4.90 Å². The van der Waals surface area contributed by atoms with Gasteiger partial charge in [0.2, 0.25) is 0 Å². The van der Waals surface area contributed by atoms with Crippen LogP contribution in [0.5, 0.6) is 11.5 Å². The molecule has 1 N–H and O–H groups in total. The smallest absolute Gasteiger partial charge is 0.328 e. The standard InChI is InChI=1S/C29H29Cl2N5O3/c1-18-15-34(21-10-12-23(13-11-21)39-22-6-4-3-5-7-22)28-32-26-25(35(28)16-18)27(37)36(29(38)33(26)2)17-19-8-9-20(30)14-24(19)31/h3-14,18,25-26,28,32H,15-17H2,1-2H3. The second-order valence-corrected chi connectivity index (χ2v) is 11.2. The average Bonchev–Trinajstić information content (AvgIpc) is 3.31. The van der Waals surface area contributed by atoms with E-state index >= 15 is 0 Å². The number of hydrogen-bond donors (Lipinski definition) is 1. The van der Waals surface area contributed by atoms with Gasteiger partial charge in [0.15, 0.2) is 0 Å². The van der Waals surface area contributed by atoms with Crippen molar-refractivity contribution < 1.29 is 14.3 Å². The molecule has 3 aliphatic heterocycles. The fourth-order valence-corrected chi connectivity index (χ4v) is 6.18. The van der Waals surface area contributed by atoms with Gasteiger partial charge in [-0.15, -0.1) is 0 Å². The highest BCUT2D eigenvalue weighted by Gasteiger charge is 2.56. The van der Waals surface area contributed by atoms with Gasteiger partial charge in [0.05, 0.1) is 6.54 Å². The number of carbonyl (C=O) groups is 2. The number of para-hydroxylation sites is 1. The van der Waals surface area contributed by atoms with Crippen molar-refractivity contribution in [2.24, 2.45) is 5.92 Å². The number of amides is 3. The van der Waals surface area contributed by atoms with Crippen LogP contribution in [0.1, 0.15) is 12.5 Å². The van der Waals surface area contributed by atoms with E-state index in [4.69, 9.17) is 27.9 Å². The third-order valence-corrected chi connectivity index (χ3v) is 8.16. The first-order valence-electron chi connectivity index (χ1n) is 12.9. The largest absolute Gasteiger partial charge is 0.457 e. The predicted molar refractivity (Wildman–Crippen MR) is 151 cm³/mol. The zero-order valence-corrected chi connectivity index (χ0v) is 23.1. The molecule has 39 heavy (non-hydrogen) atoms. The van der Waals surface area contributed by atoms with E-state index < -0.39 is 12.2 Å². The highest BCUT2D eigenvalue weighted by Crippen LogP contribution is 2.36. The second-order valence-electron chi connectivity index (χ2n) is 10.3. The van der Waals surface area contributed by atoms with Crippen LogP contribution in [0, 0.1) is 5.92 Å². The molecular formula is C29H29Cl2N5O3. The molecule has 3 aromatic rings. The van der Waals surface area contributed by atoms with Crippen LogP contribution in [0.3, 0.4) is 0 Å². The summed E-state index contributed by atoms with van der Waals surface area (Å²) in [6, 6.07) is 21.8. The Kier molecular flexibility index (Phi) is 6.89. The van der Waals surface area contributed by atoms with Gasteiger partial charge >= 0.3 is 6.03 Å². The van der Waals surface area contributed by atoms with Crippen LogP contribution in [0.25, 0.3) is 0 Å². The van der Waals surface area contributed by atoms with Crippen LogP contribution in [-0.4, -0.2) is 65.3 Å². The highest BCUT2D eigenvalue weighted by molar-refractivity contribution is 6.35. The summed E-state index contributed by atoms with van der Waals surface area (Å²) >= 11 is 12.4. The molecule has 0 radical (unpaired) electrons. The first-order chi connectivity index (χ1) is 18.8. The van der Waals surface area contributed by atoms with E-state index in [-0.39, 0.29) is 24.8 Å². The number of hydrogen-bond acceptors (Lipinski definition) is 6. The minimum Gasteiger partial charge on any atom is -0.457 e. The lowest BCUT2D eigenvalue weighted by Gasteiger charge is -2.46. The van der Waals surface area contributed by atoms with Gasteiger partial charge in [-0.2, -0.15) is 0 Å². The molecule has 6 rings (SSSR count). The number of nitrogens with one attached hydrogen (secondary N) is 1. The van der Waals surface area contributed by atoms with Gasteiger partial charge in [0.25, 0.3) is 5.91 Å². The number of anilines is 1. The number of likely N-dealkylation sites (N-methyl/N-ethyl adjacent to an activating group) is 1. The normalized spacial score (nSPS) is 25.1. The van der Waals surface area contributed by atoms with Crippen LogP contribution in [0.4, 0.5) is 10.5 Å². The van der Waals surface area contributed by atoms with Crippen molar-refractivity contribution >= 4 is 40.8 Å². The Bertz CT molecular complexity index is 1390. The molecule has 3 saturated heterocycles. The lowest BCUT2D eigenvalue weighted by atomic mass is 10.0. The summed E-state index contributed by atoms with van der Waals surface area (Å²) in [4.78, 5) is 34.5. The molecule has 0 saturated carbocycles. The van der Waals surface area contributed by atoms with E-state index in [2.05, 4.69) is 22.0 Å². The van der Waals surface area contributed by atoms with Gasteiger partial charge in [-0.1, -0.05) is 54.4 Å². The van der Waals surface area contributed by atoms with Crippen LogP contribution in [0.15, 0.2) is 72.8 Å². The van der Waals surface area contributed by atoms with Crippen molar-refractivity contribution in [2.45, 2.75) is 32.0 Å². The summed E-state index contributed by atoms with van der Waals surface area (Å²) in [5, 5.41) is 4.49. The van der Waals surface area contributed by atoms with Crippen molar-refractivity contribution in [2.75, 3.05) is 25.0 Å². The number of benzene rings is 3. The van der Waals surface area contributed by atoms with Crippen LogP contribution in [-0.2, 0) is 11.3 Å². The maximum atomic E-state index is 13.9. The predicted octanol–water partition coefficient (Wildman–Crippen LogP) is 5.22. The SMILES string of the molecule is CC1CN(c2ccc(Oc3ccccc3)cc2)C2NC3C(C(=O)N(Cc4ccc(Cl)cc4Cl)C(=O)N3C)N2C1. The van der Waals surface area contributed by atoms with Gasteiger partial charge in [0.1, 0.15) is 30.0 Å². The molecule has 0 aromatic heterocycles. The number of ether oxygens (including phenoxy) is 1. The molecule has 0 aliphatic carbocycles. The number of imide groups is 1. The van der Waals surface area contributed by atoms with E-state index in [0.717, 1.165) is 30.3 Å². The number of carbonyl (C=O) groups excluding carboxylic acids is 2. The molecular weight excluding hydrogens is 537 g/mol. The van der Waals surface area contributed by atoms with Crippen molar-refractivity contribution in [1.29, 1.82) is 0 Å². The Hall–Kier alpha value is -3.30. The molecule has 202 valence electrons. The van der Waals surface area contributed by atoms with Crippen molar-refractivity contribution in [1.82, 2.24) is 20.0 Å². The number of nitrogens with zero attached hydrogens (tertiary/aromatic N) is 4. The molecule has 0 spiro atoms. The molecule has 3 heterocycles. The summed E-state index contributed by atoms with van der Waals surface area (Å²) in [7, 11) is 1.73. The molecule has 3 aromatic carbocycles. The topological polar surface area (TPSA) is 68.4 Å².